The van der Waals surface area contributed by atoms with Crippen molar-refractivity contribution in [2.24, 2.45) is 5.41 Å². The first-order valence-corrected chi connectivity index (χ1v) is 5.77. The molecule has 0 radical (unpaired) electrons. The maximum absolute atomic E-state index is 13.4. The van der Waals surface area contributed by atoms with Crippen LogP contribution in [0.4, 0.5) is 8.78 Å². The van der Waals surface area contributed by atoms with Gasteiger partial charge in [0.1, 0.15) is 0 Å². The molecule has 0 amide bonds. The average Bonchev–Trinajstić information content (AvgIpc) is 2.00. The summed E-state index contributed by atoms with van der Waals surface area (Å²) in [6, 6.07) is 0.339. The molecular weight excluding hydrogens is 196 g/mol. The number of nitrogens with zero attached hydrogens (tertiary/aromatic N) is 1. The van der Waals surface area contributed by atoms with Crippen LogP contribution in [0.1, 0.15) is 47.5 Å². The van der Waals surface area contributed by atoms with E-state index in [9.17, 15) is 8.78 Å². The molecule has 1 saturated heterocycles. The van der Waals surface area contributed by atoms with Crippen LogP contribution >= 0.6 is 0 Å². The molecule has 15 heavy (non-hydrogen) atoms. The van der Waals surface area contributed by atoms with Crippen molar-refractivity contribution in [1.82, 2.24) is 4.90 Å². The number of halogens is 2. The Kier molecular flexibility index (Phi) is 3.44. The van der Waals surface area contributed by atoms with Crippen molar-refractivity contribution in [1.29, 1.82) is 0 Å². The van der Waals surface area contributed by atoms with Crippen LogP contribution in [-0.2, 0) is 0 Å². The Bertz CT molecular complexity index is 218. The van der Waals surface area contributed by atoms with Gasteiger partial charge in [0, 0.05) is 31.5 Å². The topological polar surface area (TPSA) is 3.24 Å². The van der Waals surface area contributed by atoms with Crippen molar-refractivity contribution in [3.8, 4) is 0 Å². The summed E-state index contributed by atoms with van der Waals surface area (Å²) in [5.74, 6) is -2.47. The smallest absolute Gasteiger partial charge is 0.250 e. The molecule has 0 bridgehead atoms. The van der Waals surface area contributed by atoms with E-state index in [4.69, 9.17) is 0 Å². The lowest BCUT2D eigenvalue weighted by molar-refractivity contribution is -0.107. The first-order chi connectivity index (χ1) is 6.63. The average molecular weight is 219 g/mol. The van der Waals surface area contributed by atoms with Crippen LogP contribution in [-0.4, -0.2) is 29.5 Å². The fourth-order valence-electron chi connectivity index (χ4n) is 2.37. The van der Waals surface area contributed by atoms with E-state index in [2.05, 4.69) is 39.5 Å². The molecular formula is C12H23F2N. The normalized spacial score (nSPS) is 28.4. The van der Waals surface area contributed by atoms with E-state index in [0.717, 1.165) is 0 Å². The lowest BCUT2D eigenvalue weighted by Gasteiger charge is -2.47. The molecule has 1 atom stereocenters. The van der Waals surface area contributed by atoms with Gasteiger partial charge in [-0.3, -0.25) is 4.90 Å². The highest BCUT2D eigenvalue weighted by Gasteiger charge is 2.45. The number of alkyl halides is 2. The fraction of sp³-hybridized carbons (Fsp3) is 1.00. The molecule has 1 unspecified atom stereocenters. The first kappa shape index (κ1) is 12.9. The van der Waals surface area contributed by atoms with Gasteiger partial charge in [0.15, 0.2) is 0 Å². The van der Waals surface area contributed by atoms with E-state index in [1.165, 1.54) is 0 Å². The van der Waals surface area contributed by atoms with Gasteiger partial charge < -0.3 is 0 Å². The van der Waals surface area contributed by atoms with Crippen LogP contribution < -0.4 is 0 Å². The van der Waals surface area contributed by atoms with Gasteiger partial charge in [-0.05, 0) is 19.3 Å². The molecule has 0 spiro atoms. The highest BCUT2D eigenvalue weighted by atomic mass is 19.3. The third-order valence-corrected chi connectivity index (χ3v) is 3.29. The summed E-state index contributed by atoms with van der Waals surface area (Å²) < 4.78 is 26.8. The van der Waals surface area contributed by atoms with Crippen molar-refractivity contribution in [2.75, 3.05) is 6.54 Å². The van der Waals surface area contributed by atoms with Gasteiger partial charge in [-0.15, -0.1) is 0 Å². The molecule has 0 aliphatic carbocycles. The van der Waals surface area contributed by atoms with Gasteiger partial charge >= 0.3 is 0 Å². The van der Waals surface area contributed by atoms with Crippen LogP contribution in [0.3, 0.4) is 0 Å². The maximum Gasteiger partial charge on any atom is 0.250 e. The summed E-state index contributed by atoms with van der Waals surface area (Å²) in [6.07, 6.45) is 0.0203. The summed E-state index contributed by atoms with van der Waals surface area (Å²) >= 11 is 0. The summed E-state index contributed by atoms with van der Waals surface area (Å²) in [7, 11) is 0. The quantitative estimate of drug-likeness (QED) is 0.652. The Morgan fingerprint density at radius 2 is 1.80 bits per heavy atom. The number of piperidine rings is 1. The zero-order chi connectivity index (χ0) is 11.9. The summed E-state index contributed by atoms with van der Waals surface area (Å²) in [6.45, 7) is 10.8. The van der Waals surface area contributed by atoms with Crippen molar-refractivity contribution in [2.45, 2.75) is 65.5 Å². The fourth-order valence-corrected chi connectivity index (χ4v) is 2.37. The Morgan fingerprint density at radius 3 is 2.20 bits per heavy atom. The second-order valence-corrected chi connectivity index (χ2v) is 6.02. The van der Waals surface area contributed by atoms with E-state index >= 15 is 0 Å². The Labute approximate surface area is 91.8 Å². The van der Waals surface area contributed by atoms with Crippen molar-refractivity contribution < 1.29 is 8.78 Å². The lowest BCUT2D eigenvalue weighted by Crippen LogP contribution is -2.55. The predicted molar refractivity (Wildman–Crippen MR) is 59.3 cm³/mol. The van der Waals surface area contributed by atoms with Crippen molar-refractivity contribution >= 4 is 0 Å². The standard InChI is InChI=1S/C12H23F2N/c1-9(2)15-7-6-12(13,14)8-10(15)11(3,4)5/h9-10H,6-8H2,1-5H3. The second-order valence-electron chi connectivity index (χ2n) is 6.02. The van der Waals surface area contributed by atoms with E-state index in [0.29, 0.717) is 12.6 Å². The summed E-state index contributed by atoms with van der Waals surface area (Å²) in [5.41, 5.74) is -0.0753. The van der Waals surface area contributed by atoms with Gasteiger partial charge in [0.2, 0.25) is 0 Å². The zero-order valence-electron chi connectivity index (χ0n) is 10.5. The van der Waals surface area contributed by atoms with E-state index in [1.807, 2.05) is 0 Å². The molecule has 0 N–H and O–H groups in total. The zero-order valence-corrected chi connectivity index (χ0v) is 10.5. The van der Waals surface area contributed by atoms with Crippen LogP contribution in [0.15, 0.2) is 0 Å². The molecule has 0 saturated carbocycles. The Hall–Kier alpha value is -0.180. The predicted octanol–water partition coefficient (Wildman–Crippen LogP) is 3.54. The minimum Gasteiger partial charge on any atom is -0.297 e. The molecule has 0 aromatic heterocycles. The van der Waals surface area contributed by atoms with Crippen LogP contribution in [0.5, 0.6) is 0 Å². The SMILES string of the molecule is CC(C)N1CCC(F)(F)CC1C(C)(C)C. The monoisotopic (exact) mass is 219 g/mol. The van der Waals surface area contributed by atoms with Crippen LogP contribution in [0, 0.1) is 5.41 Å². The first-order valence-electron chi connectivity index (χ1n) is 5.77. The van der Waals surface area contributed by atoms with E-state index < -0.39 is 5.92 Å². The third-order valence-electron chi connectivity index (χ3n) is 3.29. The molecule has 0 aromatic carbocycles. The van der Waals surface area contributed by atoms with Gasteiger partial charge in [0.25, 0.3) is 5.92 Å². The van der Waals surface area contributed by atoms with E-state index in [-0.39, 0.29) is 24.3 Å². The molecule has 1 aliphatic heterocycles. The highest BCUT2D eigenvalue weighted by molar-refractivity contribution is 4.93. The molecule has 1 nitrogen and oxygen atoms in total. The van der Waals surface area contributed by atoms with Crippen molar-refractivity contribution in [3.63, 3.8) is 0 Å². The number of likely N-dealkylation sites (tertiary alicyclic amines) is 1. The molecule has 1 heterocycles. The number of rotatable bonds is 1. The summed E-state index contributed by atoms with van der Waals surface area (Å²) in [5, 5.41) is 0. The summed E-state index contributed by atoms with van der Waals surface area (Å²) in [4.78, 5) is 2.22. The van der Waals surface area contributed by atoms with Crippen molar-refractivity contribution in [3.05, 3.63) is 0 Å². The minimum absolute atomic E-state index is 0.00861. The van der Waals surface area contributed by atoms with Gasteiger partial charge in [-0.2, -0.15) is 0 Å². The number of hydrogen-bond acceptors (Lipinski definition) is 1. The Balaban J connectivity index is 2.84. The molecule has 1 fully saturated rings. The highest BCUT2D eigenvalue weighted by Crippen LogP contribution is 2.39. The maximum atomic E-state index is 13.4. The van der Waals surface area contributed by atoms with Gasteiger partial charge in [0.05, 0.1) is 0 Å². The van der Waals surface area contributed by atoms with E-state index in [1.54, 1.807) is 0 Å². The van der Waals surface area contributed by atoms with Gasteiger partial charge in [-0.25, -0.2) is 8.78 Å². The molecule has 0 aromatic rings. The van der Waals surface area contributed by atoms with Gasteiger partial charge in [-0.1, -0.05) is 20.8 Å². The number of hydrogen-bond donors (Lipinski definition) is 0. The second kappa shape index (κ2) is 4.00. The minimum atomic E-state index is -2.47. The lowest BCUT2D eigenvalue weighted by atomic mass is 9.79. The van der Waals surface area contributed by atoms with Crippen LogP contribution in [0.2, 0.25) is 0 Å². The molecule has 1 aliphatic rings. The molecule has 1 rings (SSSR count). The Morgan fingerprint density at radius 1 is 1.27 bits per heavy atom. The molecule has 90 valence electrons. The largest absolute Gasteiger partial charge is 0.297 e. The third kappa shape index (κ3) is 3.13. The molecule has 3 heteroatoms. The van der Waals surface area contributed by atoms with Crippen LogP contribution in [0.25, 0.3) is 0 Å².